The SMILES string of the molecule is CCOc1c(Cl)cc(C(=O)Nc2cccc(Cl)c2Cl)cc1OCc1ccccc1. The number of carbonyl (C=O) groups excluding carboxylic acids is 1. The van der Waals surface area contributed by atoms with Gasteiger partial charge in [0.1, 0.15) is 6.61 Å². The summed E-state index contributed by atoms with van der Waals surface area (Å²) in [7, 11) is 0. The van der Waals surface area contributed by atoms with E-state index in [-0.39, 0.29) is 10.0 Å². The molecular weight excluding hydrogens is 433 g/mol. The van der Waals surface area contributed by atoms with Gasteiger partial charge in [-0.2, -0.15) is 0 Å². The third kappa shape index (κ3) is 5.36. The van der Waals surface area contributed by atoms with Crippen LogP contribution in [0.4, 0.5) is 5.69 Å². The summed E-state index contributed by atoms with van der Waals surface area (Å²) < 4.78 is 11.5. The number of carbonyl (C=O) groups is 1. The molecule has 150 valence electrons. The second kappa shape index (κ2) is 9.88. The molecule has 3 aromatic rings. The number of nitrogens with one attached hydrogen (secondary N) is 1. The summed E-state index contributed by atoms with van der Waals surface area (Å²) in [6, 6.07) is 17.8. The first-order valence-corrected chi connectivity index (χ1v) is 10.0. The largest absolute Gasteiger partial charge is 0.488 e. The zero-order valence-corrected chi connectivity index (χ0v) is 17.8. The van der Waals surface area contributed by atoms with Crippen LogP contribution in [0.15, 0.2) is 60.7 Å². The fraction of sp³-hybridized carbons (Fsp3) is 0.136. The van der Waals surface area contributed by atoms with E-state index in [4.69, 9.17) is 44.3 Å². The standard InChI is InChI=1S/C22H18Cl3NO3/c1-2-28-21-17(24)11-15(12-19(21)29-13-14-7-4-3-5-8-14)22(27)26-18-10-6-9-16(23)20(18)25/h3-12H,2,13H2,1H3,(H,26,27). The van der Waals surface area contributed by atoms with Gasteiger partial charge in [0.15, 0.2) is 11.5 Å². The highest BCUT2D eigenvalue weighted by atomic mass is 35.5. The summed E-state index contributed by atoms with van der Waals surface area (Å²) >= 11 is 18.5. The van der Waals surface area contributed by atoms with E-state index in [1.807, 2.05) is 37.3 Å². The number of anilines is 1. The second-order valence-electron chi connectivity index (χ2n) is 6.05. The van der Waals surface area contributed by atoms with Crippen LogP contribution in [-0.4, -0.2) is 12.5 Å². The second-order valence-corrected chi connectivity index (χ2v) is 7.24. The minimum atomic E-state index is -0.399. The number of ether oxygens (including phenoxy) is 2. The maximum absolute atomic E-state index is 12.8. The lowest BCUT2D eigenvalue weighted by Crippen LogP contribution is -2.13. The molecule has 0 fully saturated rings. The zero-order chi connectivity index (χ0) is 20.8. The average molecular weight is 451 g/mol. The highest BCUT2D eigenvalue weighted by Crippen LogP contribution is 2.38. The Hall–Kier alpha value is -2.40. The normalized spacial score (nSPS) is 10.5. The Kier molecular flexibility index (Phi) is 7.26. The molecule has 3 rings (SSSR count). The number of halogens is 3. The van der Waals surface area contributed by atoms with Gasteiger partial charge >= 0.3 is 0 Å². The Morgan fingerprint density at radius 1 is 0.931 bits per heavy atom. The first-order chi connectivity index (χ1) is 14.0. The van der Waals surface area contributed by atoms with Crippen molar-refractivity contribution >= 4 is 46.4 Å². The van der Waals surface area contributed by atoms with Gasteiger partial charge in [-0.25, -0.2) is 0 Å². The van der Waals surface area contributed by atoms with Crippen LogP contribution in [0.5, 0.6) is 11.5 Å². The molecule has 0 unspecified atom stereocenters. The first kappa shape index (κ1) is 21.3. The molecule has 0 aromatic heterocycles. The van der Waals surface area contributed by atoms with Crippen molar-refractivity contribution in [3.63, 3.8) is 0 Å². The molecule has 0 heterocycles. The van der Waals surface area contributed by atoms with Crippen molar-refractivity contribution in [3.05, 3.63) is 86.9 Å². The lowest BCUT2D eigenvalue weighted by molar-refractivity contribution is 0.102. The monoisotopic (exact) mass is 449 g/mol. The van der Waals surface area contributed by atoms with E-state index < -0.39 is 5.91 Å². The number of amides is 1. The predicted molar refractivity (Wildman–Crippen MR) is 118 cm³/mol. The van der Waals surface area contributed by atoms with Crippen LogP contribution in [0, 0.1) is 0 Å². The number of benzene rings is 3. The van der Waals surface area contributed by atoms with Crippen LogP contribution in [0.3, 0.4) is 0 Å². The molecule has 0 atom stereocenters. The molecule has 0 saturated carbocycles. The number of hydrogen-bond donors (Lipinski definition) is 1. The molecule has 4 nitrogen and oxygen atoms in total. The van der Waals surface area contributed by atoms with Crippen LogP contribution in [0.25, 0.3) is 0 Å². The van der Waals surface area contributed by atoms with E-state index in [2.05, 4.69) is 5.32 Å². The Bertz CT molecular complexity index is 1010. The molecule has 0 saturated heterocycles. The molecule has 3 aromatic carbocycles. The van der Waals surface area contributed by atoms with Gasteiger partial charge in [-0.3, -0.25) is 4.79 Å². The van der Waals surface area contributed by atoms with Gasteiger partial charge in [0, 0.05) is 5.56 Å². The summed E-state index contributed by atoms with van der Waals surface area (Å²) in [4.78, 5) is 12.8. The summed E-state index contributed by atoms with van der Waals surface area (Å²) in [6.07, 6.45) is 0. The molecule has 7 heteroatoms. The molecule has 0 aliphatic carbocycles. The van der Waals surface area contributed by atoms with E-state index in [0.29, 0.717) is 41.0 Å². The van der Waals surface area contributed by atoms with Crippen LogP contribution < -0.4 is 14.8 Å². The third-order valence-electron chi connectivity index (χ3n) is 4.00. The fourth-order valence-electron chi connectivity index (χ4n) is 2.62. The van der Waals surface area contributed by atoms with Crippen molar-refractivity contribution < 1.29 is 14.3 Å². The van der Waals surface area contributed by atoms with E-state index in [1.54, 1.807) is 24.3 Å². The lowest BCUT2D eigenvalue weighted by Gasteiger charge is -2.15. The van der Waals surface area contributed by atoms with E-state index in [1.165, 1.54) is 6.07 Å². The quantitative estimate of drug-likeness (QED) is 0.427. The van der Waals surface area contributed by atoms with Gasteiger partial charge in [0.2, 0.25) is 0 Å². The maximum Gasteiger partial charge on any atom is 0.255 e. The molecule has 0 bridgehead atoms. The van der Waals surface area contributed by atoms with Crippen molar-refractivity contribution in [1.82, 2.24) is 0 Å². The summed E-state index contributed by atoms with van der Waals surface area (Å²) in [5.41, 5.74) is 1.69. The van der Waals surface area contributed by atoms with Crippen molar-refractivity contribution in [2.45, 2.75) is 13.5 Å². The van der Waals surface area contributed by atoms with Gasteiger partial charge < -0.3 is 14.8 Å². The molecular formula is C22H18Cl3NO3. The van der Waals surface area contributed by atoms with Gasteiger partial charge in [-0.1, -0.05) is 71.2 Å². The van der Waals surface area contributed by atoms with Crippen molar-refractivity contribution in [2.75, 3.05) is 11.9 Å². The summed E-state index contributed by atoms with van der Waals surface area (Å²) in [5.74, 6) is 0.372. The molecule has 1 N–H and O–H groups in total. The Morgan fingerprint density at radius 3 is 2.41 bits per heavy atom. The Labute approximate surface area is 184 Å². The highest BCUT2D eigenvalue weighted by molar-refractivity contribution is 6.44. The summed E-state index contributed by atoms with van der Waals surface area (Å²) in [5, 5.41) is 3.63. The van der Waals surface area contributed by atoms with E-state index >= 15 is 0 Å². The smallest absolute Gasteiger partial charge is 0.255 e. The third-order valence-corrected chi connectivity index (χ3v) is 5.10. The van der Waals surface area contributed by atoms with Crippen LogP contribution >= 0.6 is 34.8 Å². The van der Waals surface area contributed by atoms with Crippen LogP contribution in [0.2, 0.25) is 15.1 Å². The number of rotatable bonds is 7. The van der Waals surface area contributed by atoms with Gasteiger partial charge in [-0.15, -0.1) is 0 Å². The first-order valence-electron chi connectivity index (χ1n) is 8.88. The lowest BCUT2D eigenvalue weighted by atomic mass is 10.1. The average Bonchev–Trinajstić information content (AvgIpc) is 2.72. The topological polar surface area (TPSA) is 47.6 Å². The minimum Gasteiger partial charge on any atom is -0.488 e. The number of hydrogen-bond acceptors (Lipinski definition) is 3. The zero-order valence-electron chi connectivity index (χ0n) is 15.5. The van der Waals surface area contributed by atoms with Gasteiger partial charge in [-0.05, 0) is 36.8 Å². The fourth-order valence-corrected chi connectivity index (χ4v) is 3.23. The minimum absolute atomic E-state index is 0.264. The molecule has 0 radical (unpaired) electrons. The highest BCUT2D eigenvalue weighted by Gasteiger charge is 2.18. The van der Waals surface area contributed by atoms with Crippen LogP contribution in [-0.2, 0) is 6.61 Å². The molecule has 1 amide bonds. The molecule has 0 aliphatic heterocycles. The Morgan fingerprint density at radius 2 is 1.69 bits per heavy atom. The molecule has 0 spiro atoms. The van der Waals surface area contributed by atoms with Gasteiger partial charge in [0.25, 0.3) is 5.91 Å². The van der Waals surface area contributed by atoms with E-state index in [0.717, 1.165) is 5.56 Å². The molecule has 0 aliphatic rings. The van der Waals surface area contributed by atoms with E-state index in [9.17, 15) is 4.79 Å². The van der Waals surface area contributed by atoms with Crippen molar-refractivity contribution in [1.29, 1.82) is 0 Å². The molecule has 29 heavy (non-hydrogen) atoms. The predicted octanol–water partition coefficient (Wildman–Crippen LogP) is 6.88. The van der Waals surface area contributed by atoms with Crippen LogP contribution in [0.1, 0.15) is 22.8 Å². The Balaban J connectivity index is 1.87. The van der Waals surface area contributed by atoms with Crippen molar-refractivity contribution in [3.8, 4) is 11.5 Å². The maximum atomic E-state index is 12.8. The van der Waals surface area contributed by atoms with Crippen molar-refractivity contribution in [2.24, 2.45) is 0 Å². The van der Waals surface area contributed by atoms with Gasteiger partial charge in [0.05, 0.1) is 27.4 Å². The summed E-state index contributed by atoms with van der Waals surface area (Å²) in [6.45, 7) is 2.56.